The highest BCUT2D eigenvalue weighted by Crippen LogP contribution is 2.36. The molecule has 7 heteroatoms. The first kappa shape index (κ1) is 17.9. The molecule has 1 fully saturated rings. The second-order valence-electron chi connectivity index (χ2n) is 6.43. The lowest BCUT2D eigenvalue weighted by molar-refractivity contribution is 0.0539. The molecule has 0 unspecified atom stereocenters. The van der Waals surface area contributed by atoms with Crippen molar-refractivity contribution in [2.75, 3.05) is 13.2 Å². The van der Waals surface area contributed by atoms with Crippen LogP contribution >= 0.6 is 0 Å². The molecule has 0 N–H and O–H groups in total. The van der Waals surface area contributed by atoms with Gasteiger partial charge in [-0.05, 0) is 25.5 Å². The third kappa shape index (κ3) is 3.43. The highest BCUT2D eigenvalue weighted by molar-refractivity contribution is 7.89. The van der Waals surface area contributed by atoms with Gasteiger partial charge in [-0.2, -0.15) is 4.31 Å². The first-order valence-corrected chi connectivity index (χ1v) is 9.97. The number of aryl methyl sites for hydroxylation is 1. The van der Waals surface area contributed by atoms with Crippen LogP contribution in [0.2, 0.25) is 0 Å². The Morgan fingerprint density at radius 1 is 1.20 bits per heavy atom. The van der Waals surface area contributed by atoms with Gasteiger partial charge < -0.3 is 9.47 Å². The minimum absolute atomic E-state index is 0.0896. The highest BCUT2D eigenvalue weighted by atomic mass is 32.2. The first-order chi connectivity index (χ1) is 11.9. The Bertz CT molecular complexity index is 756. The van der Waals surface area contributed by atoms with Gasteiger partial charge in [-0.3, -0.25) is 0 Å². The van der Waals surface area contributed by atoms with Crippen molar-refractivity contribution in [3.05, 3.63) is 42.0 Å². The summed E-state index contributed by atoms with van der Waals surface area (Å²) in [7, 11) is -3.94. The molecule has 1 aromatic carbocycles. The number of nitrogens with zero attached hydrogens (tertiary/aromatic N) is 1. The van der Waals surface area contributed by atoms with E-state index in [2.05, 4.69) is 6.92 Å². The lowest BCUT2D eigenvalue weighted by atomic mass is 10.1. The van der Waals surface area contributed by atoms with Crippen LogP contribution in [0.15, 0.2) is 41.3 Å². The molecule has 0 spiro atoms. The second-order valence-corrected chi connectivity index (χ2v) is 8.25. The number of amides is 1. The molecule has 1 saturated heterocycles. The minimum atomic E-state index is -3.94. The van der Waals surface area contributed by atoms with Gasteiger partial charge in [-0.25, -0.2) is 13.2 Å². The average molecular weight is 365 g/mol. The van der Waals surface area contributed by atoms with Gasteiger partial charge >= 0.3 is 6.09 Å². The SMILES string of the molecule is CCCCOC[C@@H]1C=C[C@@H]2[C@H]1OC(=O)N2S(=O)(=O)c1ccc(C)cc1. The Morgan fingerprint density at radius 3 is 2.60 bits per heavy atom. The van der Waals surface area contributed by atoms with E-state index >= 15 is 0 Å². The summed E-state index contributed by atoms with van der Waals surface area (Å²) in [6.07, 6.45) is 4.29. The molecule has 1 aliphatic carbocycles. The molecule has 0 bridgehead atoms. The van der Waals surface area contributed by atoms with Crippen LogP contribution in [-0.4, -0.2) is 44.2 Å². The number of benzene rings is 1. The number of carbonyl (C=O) groups is 1. The topological polar surface area (TPSA) is 72.9 Å². The van der Waals surface area contributed by atoms with Gasteiger partial charge in [0.2, 0.25) is 0 Å². The molecule has 1 aromatic rings. The zero-order valence-corrected chi connectivity index (χ0v) is 15.2. The van der Waals surface area contributed by atoms with Gasteiger partial charge in [0.15, 0.2) is 0 Å². The van der Waals surface area contributed by atoms with Crippen LogP contribution in [0.3, 0.4) is 0 Å². The monoisotopic (exact) mass is 365 g/mol. The van der Waals surface area contributed by atoms with Crippen molar-refractivity contribution in [3.8, 4) is 0 Å². The number of rotatable bonds is 7. The fourth-order valence-corrected chi connectivity index (χ4v) is 4.54. The third-order valence-electron chi connectivity index (χ3n) is 4.53. The standard InChI is InChI=1S/C18H23NO5S/c1-3-4-11-23-12-14-7-10-16-17(14)24-18(20)19(16)25(21,22)15-8-5-13(2)6-9-15/h5-10,14,16-17H,3-4,11-12H2,1-2H3/t14-,16+,17-/m0/s1. The quantitative estimate of drug-likeness (QED) is 0.549. The van der Waals surface area contributed by atoms with Gasteiger partial charge in [-0.1, -0.05) is 43.2 Å². The maximum atomic E-state index is 12.9. The summed E-state index contributed by atoms with van der Waals surface area (Å²) in [5, 5.41) is 0. The normalized spacial score (nSPS) is 25.3. The Balaban J connectivity index is 1.75. The van der Waals surface area contributed by atoms with Crippen molar-refractivity contribution < 1.29 is 22.7 Å². The van der Waals surface area contributed by atoms with E-state index in [-0.39, 0.29) is 10.8 Å². The highest BCUT2D eigenvalue weighted by Gasteiger charge is 2.52. The predicted molar refractivity (Wildman–Crippen MR) is 92.6 cm³/mol. The van der Waals surface area contributed by atoms with Crippen LogP contribution in [0.25, 0.3) is 0 Å². The van der Waals surface area contributed by atoms with Crippen LogP contribution in [0.4, 0.5) is 4.79 Å². The summed E-state index contributed by atoms with van der Waals surface area (Å²) in [5.41, 5.74) is 0.950. The molecule has 2 aliphatic rings. The van der Waals surface area contributed by atoms with Crippen LogP contribution in [0.5, 0.6) is 0 Å². The molecular formula is C18H23NO5S. The number of hydrogen-bond donors (Lipinski definition) is 0. The lowest BCUT2D eigenvalue weighted by Crippen LogP contribution is -2.39. The van der Waals surface area contributed by atoms with E-state index in [4.69, 9.17) is 9.47 Å². The summed E-state index contributed by atoms with van der Waals surface area (Å²) in [5.74, 6) is -0.121. The fraction of sp³-hybridized carbons (Fsp3) is 0.500. The maximum Gasteiger partial charge on any atom is 0.424 e. The molecule has 1 heterocycles. The van der Waals surface area contributed by atoms with E-state index in [0.29, 0.717) is 13.2 Å². The van der Waals surface area contributed by atoms with Gasteiger partial charge in [0, 0.05) is 12.5 Å². The Hall–Kier alpha value is -1.86. The molecule has 6 nitrogen and oxygen atoms in total. The Kier molecular flexibility index (Phi) is 5.15. The second kappa shape index (κ2) is 7.17. The molecule has 136 valence electrons. The zero-order chi connectivity index (χ0) is 18.0. The predicted octanol–water partition coefficient (Wildman–Crippen LogP) is 2.88. The largest absolute Gasteiger partial charge is 0.442 e. The van der Waals surface area contributed by atoms with E-state index in [1.54, 1.807) is 18.2 Å². The van der Waals surface area contributed by atoms with E-state index in [9.17, 15) is 13.2 Å². The lowest BCUT2D eigenvalue weighted by Gasteiger charge is -2.20. The van der Waals surface area contributed by atoms with E-state index in [1.165, 1.54) is 12.1 Å². The molecule has 1 aliphatic heterocycles. The van der Waals surface area contributed by atoms with Gasteiger partial charge in [0.05, 0.1) is 11.5 Å². The number of carbonyl (C=O) groups excluding carboxylic acids is 1. The van der Waals surface area contributed by atoms with E-state index in [1.807, 2.05) is 13.0 Å². The van der Waals surface area contributed by atoms with Crippen molar-refractivity contribution >= 4 is 16.1 Å². The molecule has 0 saturated carbocycles. The number of unbranched alkanes of at least 4 members (excludes halogenated alkanes) is 1. The summed E-state index contributed by atoms with van der Waals surface area (Å²) in [6.45, 7) is 5.03. The fourth-order valence-electron chi connectivity index (χ4n) is 3.09. The maximum absolute atomic E-state index is 12.9. The van der Waals surface area contributed by atoms with Crippen LogP contribution in [0, 0.1) is 12.8 Å². The minimum Gasteiger partial charge on any atom is -0.442 e. The van der Waals surface area contributed by atoms with Crippen molar-refractivity contribution in [1.82, 2.24) is 4.31 Å². The van der Waals surface area contributed by atoms with Gasteiger partial charge in [0.1, 0.15) is 12.1 Å². The summed E-state index contributed by atoms with van der Waals surface area (Å²) in [4.78, 5) is 12.3. The Morgan fingerprint density at radius 2 is 1.92 bits per heavy atom. The summed E-state index contributed by atoms with van der Waals surface area (Å²) < 4.78 is 37.6. The molecular weight excluding hydrogens is 342 g/mol. The average Bonchev–Trinajstić information content (AvgIpc) is 3.10. The molecule has 3 rings (SSSR count). The van der Waals surface area contributed by atoms with Crippen molar-refractivity contribution in [3.63, 3.8) is 0 Å². The molecule has 25 heavy (non-hydrogen) atoms. The zero-order valence-electron chi connectivity index (χ0n) is 14.4. The van der Waals surface area contributed by atoms with Crippen molar-refractivity contribution in [2.24, 2.45) is 5.92 Å². The molecule has 1 amide bonds. The van der Waals surface area contributed by atoms with Crippen molar-refractivity contribution in [1.29, 1.82) is 0 Å². The van der Waals surface area contributed by atoms with Gasteiger partial charge in [0.25, 0.3) is 10.0 Å². The molecule has 0 radical (unpaired) electrons. The summed E-state index contributed by atoms with van der Waals surface area (Å²) in [6, 6.07) is 5.82. The van der Waals surface area contributed by atoms with E-state index < -0.39 is 28.3 Å². The third-order valence-corrected chi connectivity index (χ3v) is 6.31. The van der Waals surface area contributed by atoms with E-state index in [0.717, 1.165) is 22.7 Å². The van der Waals surface area contributed by atoms with Gasteiger partial charge in [-0.15, -0.1) is 0 Å². The summed E-state index contributed by atoms with van der Waals surface area (Å²) >= 11 is 0. The number of sulfonamides is 1. The van der Waals surface area contributed by atoms with Crippen molar-refractivity contribution in [2.45, 2.75) is 43.7 Å². The first-order valence-electron chi connectivity index (χ1n) is 8.53. The Labute approximate surface area is 148 Å². The molecule has 0 aromatic heterocycles. The number of fused-ring (bicyclic) bond motifs is 1. The van der Waals surface area contributed by atoms with Crippen LogP contribution in [0.1, 0.15) is 25.3 Å². The smallest absolute Gasteiger partial charge is 0.424 e. The van der Waals surface area contributed by atoms with Crippen LogP contribution < -0.4 is 0 Å². The number of ether oxygens (including phenoxy) is 2. The van der Waals surface area contributed by atoms with Crippen LogP contribution in [-0.2, 0) is 19.5 Å². The number of hydrogen-bond acceptors (Lipinski definition) is 5. The molecule has 3 atom stereocenters.